The Bertz CT molecular complexity index is 179. The quantitative estimate of drug-likeness (QED) is 0.519. The van der Waals surface area contributed by atoms with Crippen LogP contribution in [-0.4, -0.2) is 12.6 Å². The molecule has 1 rings (SSSR count). The summed E-state index contributed by atoms with van der Waals surface area (Å²) < 4.78 is 0. The molecule has 0 heterocycles. The van der Waals surface area contributed by atoms with Crippen molar-refractivity contribution in [2.24, 2.45) is 0 Å². The van der Waals surface area contributed by atoms with E-state index in [-0.39, 0.29) is 0 Å². The van der Waals surface area contributed by atoms with Crippen LogP contribution in [0.1, 0.15) is 39.0 Å². The van der Waals surface area contributed by atoms with Crippen LogP contribution in [0.3, 0.4) is 0 Å². The molecule has 2 N–H and O–H groups in total. The predicted octanol–water partition coefficient (Wildman–Crippen LogP) is 2.55. The largest absolute Gasteiger partial charge is 0.387 e. The van der Waals surface area contributed by atoms with E-state index in [1.54, 1.807) is 0 Å². The van der Waals surface area contributed by atoms with Gasteiger partial charge < -0.3 is 10.6 Å². The molecule has 1 saturated carbocycles. The monoisotopic (exact) mass is 194 g/mol. The third-order valence-electron chi connectivity index (χ3n) is 2.61. The highest BCUT2D eigenvalue weighted by Gasteiger charge is 2.10. The topological polar surface area (TPSA) is 24.1 Å². The van der Waals surface area contributed by atoms with Crippen LogP contribution >= 0.6 is 0 Å². The lowest BCUT2D eigenvalue weighted by molar-refractivity contribution is 0.404. The maximum absolute atomic E-state index is 3.43. The van der Waals surface area contributed by atoms with Crippen molar-refractivity contribution in [3.05, 3.63) is 24.6 Å². The van der Waals surface area contributed by atoms with Crippen molar-refractivity contribution in [2.75, 3.05) is 6.54 Å². The van der Waals surface area contributed by atoms with E-state index in [1.807, 2.05) is 19.3 Å². The van der Waals surface area contributed by atoms with Crippen LogP contribution in [0.15, 0.2) is 24.6 Å². The highest BCUT2D eigenvalue weighted by atomic mass is 14.9. The first kappa shape index (κ1) is 11.2. The Morgan fingerprint density at radius 2 is 1.93 bits per heavy atom. The molecule has 0 aromatic heterocycles. The Kier molecular flexibility index (Phi) is 5.96. The lowest BCUT2D eigenvalue weighted by atomic mass is 9.96. The Labute approximate surface area is 87.5 Å². The third-order valence-corrected chi connectivity index (χ3v) is 2.61. The summed E-state index contributed by atoms with van der Waals surface area (Å²) in [5.41, 5.74) is 0. The van der Waals surface area contributed by atoms with Crippen molar-refractivity contribution in [3.8, 4) is 0 Å². The molecular weight excluding hydrogens is 172 g/mol. The van der Waals surface area contributed by atoms with Crippen molar-refractivity contribution in [1.82, 2.24) is 10.6 Å². The summed E-state index contributed by atoms with van der Waals surface area (Å²) in [6.07, 6.45) is 15.0. The van der Waals surface area contributed by atoms with Crippen LogP contribution in [0, 0.1) is 0 Å². The third kappa shape index (κ3) is 4.95. The Morgan fingerprint density at radius 1 is 1.14 bits per heavy atom. The van der Waals surface area contributed by atoms with Gasteiger partial charge in [0, 0.05) is 25.0 Å². The van der Waals surface area contributed by atoms with E-state index in [2.05, 4.69) is 22.8 Å². The average Bonchev–Trinajstić information content (AvgIpc) is 2.25. The summed E-state index contributed by atoms with van der Waals surface area (Å²) in [6.45, 7) is 2.95. The summed E-state index contributed by atoms with van der Waals surface area (Å²) >= 11 is 0. The summed E-state index contributed by atoms with van der Waals surface area (Å²) in [4.78, 5) is 0. The number of hydrogen-bond acceptors (Lipinski definition) is 2. The molecule has 1 aliphatic rings. The Morgan fingerprint density at radius 3 is 2.64 bits per heavy atom. The molecule has 14 heavy (non-hydrogen) atoms. The first-order valence-corrected chi connectivity index (χ1v) is 5.69. The minimum absolute atomic E-state index is 0.712. The smallest absolute Gasteiger partial charge is 0.0325 e. The molecule has 2 nitrogen and oxygen atoms in total. The normalized spacial score (nSPS) is 19.2. The van der Waals surface area contributed by atoms with E-state index < -0.39 is 0 Å². The highest BCUT2D eigenvalue weighted by molar-refractivity contribution is 4.87. The van der Waals surface area contributed by atoms with Crippen LogP contribution in [-0.2, 0) is 0 Å². The number of nitrogens with one attached hydrogen (secondary N) is 2. The van der Waals surface area contributed by atoms with Gasteiger partial charge in [0.2, 0.25) is 0 Å². The second-order valence-corrected chi connectivity index (χ2v) is 3.81. The van der Waals surface area contributed by atoms with Gasteiger partial charge in [-0.3, -0.25) is 0 Å². The van der Waals surface area contributed by atoms with Crippen LogP contribution in [0.5, 0.6) is 0 Å². The Hall–Kier alpha value is -0.920. The minimum Gasteiger partial charge on any atom is -0.387 e. The van der Waals surface area contributed by atoms with E-state index >= 15 is 0 Å². The molecular formula is C12H22N2. The molecule has 0 bridgehead atoms. The van der Waals surface area contributed by atoms with Gasteiger partial charge in [0.15, 0.2) is 0 Å². The SMILES string of the molecule is C/C=C/CN/C=C/NC1CCCCC1. The molecule has 2 heteroatoms. The molecule has 0 aromatic rings. The van der Waals surface area contributed by atoms with Gasteiger partial charge in [0.1, 0.15) is 0 Å². The maximum Gasteiger partial charge on any atom is 0.0325 e. The van der Waals surface area contributed by atoms with Crippen molar-refractivity contribution >= 4 is 0 Å². The second kappa shape index (κ2) is 7.48. The summed E-state index contributed by atoms with van der Waals surface area (Å²) in [6, 6.07) is 0.712. The molecule has 0 atom stereocenters. The van der Waals surface area contributed by atoms with E-state index in [0.29, 0.717) is 6.04 Å². The van der Waals surface area contributed by atoms with Gasteiger partial charge in [-0.25, -0.2) is 0 Å². The zero-order valence-electron chi connectivity index (χ0n) is 9.13. The standard InChI is InChI=1S/C12H22N2/c1-2-3-9-13-10-11-14-12-7-5-4-6-8-12/h2-3,10-14H,4-9H2,1H3/b3-2+,11-10+. The van der Waals surface area contributed by atoms with Crippen molar-refractivity contribution in [2.45, 2.75) is 45.1 Å². The summed E-state index contributed by atoms with van der Waals surface area (Å²) in [5, 5.41) is 6.63. The lowest BCUT2D eigenvalue weighted by Gasteiger charge is -2.21. The van der Waals surface area contributed by atoms with Crippen molar-refractivity contribution < 1.29 is 0 Å². The Balaban J connectivity index is 2.00. The van der Waals surface area contributed by atoms with Gasteiger partial charge in [0.05, 0.1) is 0 Å². The van der Waals surface area contributed by atoms with Gasteiger partial charge >= 0.3 is 0 Å². The van der Waals surface area contributed by atoms with Gasteiger partial charge in [-0.2, -0.15) is 0 Å². The molecule has 1 fully saturated rings. The molecule has 0 spiro atoms. The van der Waals surface area contributed by atoms with Gasteiger partial charge in [-0.15, -0.1) is 0 Å². The molecule has 0 radical (unpaired) electrons. The van der Waals surface area contributed by atoms with Crippen molar-refractivity contribution in [3.63, 3.8) is 0 Å². The molecule has 0 aliphatic heterocycles. The van der Waals surface area contributed by atoms with Gasteiger partial charge in [-0.1, -0.05) is 31.4 Å². The van der Waals surface area contributed by atoms with E-state index in [1.165, 1.54) is 32.1 Å². The van der Waals surface area contributed by atoms with Crippen LogP contribution < -0.4 is 10.6 Å². The minimum atomic E-state index is 0.712. The van der Waals surface area contributed by atoms with Gasteiger partial charge in [0.25, 0.3) is 0 Å². The van der Waals surface area contributed by atoms with Crippen LogP contribution in [0.25, 0.3) is 0 Å². The fraction of sp³-hybridized carbons (Fsp3) is 0.667. The summed E-state index contributed by atoms with van der Waals surface area (Å²) in [5.74, 6) is 0. The number of rotatable bonds is 5. The fourth-order valence-corrected chi connectivity index (χ4v) is 1.77. The van der Waals surface area contributed by atoms with E-state index in [4.69, 9.17) is 0 Å². The number of allylic oxidation sites excluding steroid dienone is 1. The second-order valence-electron chi connectivity index (χ2n) is 3.81. The van der Waals surface area contributed by atoms with Crippen LogP contribution in [0.2, 0.25) is 0 Å². The van der Waals surface area contributed by atoms with E-state index in [0.717, 1.165) is 6.54 Å². The first-order valence-electron chi connectivity index (χ1n) is 5.69. The maximum atomic E-state index is 3.43. The predicted molar refractivity (Wildman–Crippen MR) is 62.0 cm³/mol. The lowest BCUT2D eigenvalue weighted by Crippen LogP contribution is -2.26. The molecule has 0 aromatic carbocycles. The fourth-order valence-electron chi connectivity index (χ4n) is 1.77. The van der Waals surface area contributed by atoms with Gasteiger partial charge in [-0.05, 0) is 19.8 Å². The molecule has 0 amide bonds. The zero-order valence-corrected chi connectivity index (χ0v) is 9.13. The van der Waals surface area contributed by atoms with Crippen molar-refractivity contribution in [1.29, 1.82) is 0 Å². The molecule has 0 saturated heterocycles. The number of hydrogen-bond donors (Lipinski definition) is 2. The molecule has 0 unspecified atom stereocenters. The zero-order chi connectivity index (χ0) is 10.1. The highest BCUT2D eigenvalue weighted by Crippen LogP contribution is 2.16. The molecule has 80 valence electrons. The molecule has 1 aliphatic carbocycles. The summed E-state index contributed by atoms with van der Waals surface area (Å²) in [7, 11) is 0. The first-order chi connectivity index (χ1) is 6.93. The average molecular weight is 194 g/mol. The van der Waals surface area contributed by atoms with Crippen LogP contribution in [0.4, 0.5) is 0 Å². The van der Waals surface area contributed by atoms with E-state index in [9.17, 15) is 0 Å².